The number of benzene rings is 4. The molecule has 4 rings (SSSR count). The molecule has 576 valence electrons. The van der Waals surface area contributed by atoms with E-state index >= 15 is 0 Å². The summed E-state index contributed by atoms with van der Waals surface area (Å²) in [7, 11) is -9.10. The number of aryl methyl sites for hydroxylation is 4. The maximum atomic E-state index is 12.5. The Hall–Kier alpha value is -1.21. The Balaban J connectivity index is 0.000000680. The molecular weight excluding hydrogens is 1400 g/mol. The van der Waals surface area contributed by atoms with Crippen LogP contribution in [0.1, 0.15) is 461 Å². The molecular formula is C92H158BaO6S2. The molecule has 0 fully saturated rings. The summed E-state index contributed by atoms with van der Waals surface area (Å²) in [4.78, 5) is 0.0644. The first-order chi connectivity index (χ1) is 49.0. The smallest absolute Gasteiger partial charge is 0.744 e. The van der Waals surface area contributed by atoms with Gasteiger partial charge in [0.2, 0.25) is 0 Å². The third-order valence-corrected chi connectivity index (χ3v) is 24.0. The van der Waals surface area contributed by atoms with E-state index in [1.165, 1.54) is 384 Å². The van der Waals surface area contributed by atoms with Crippen molar-refractivity contribution in [3.8, 4) is 0 Å². The molecule has 0 heterocycles. The van der Waals surface area contributed by atoms with Crippen molar-refractivity contribution in [3.63, 3.8) is 0 Å². The first-order valence-corrected chi connectivity index (χ1v) is 46.8. The normalized spacial score (nSPS) is 11.9. The van der Waals surface area contributed by atoms with Crippen molar-refractivity contribution in [2.24, 2.45) is 0 Å². The first kappa shape index (κ1) is 95.9. The molecule has 0 saturated carbocycles. The quantitative estimate of drug-likeness (QED) is 0.0247. The Morgan fingerprint density at radius 1 is 0.198 bits per heavy atom. The molecule has 0 unspecified atom stereocenters. The van der Waals surface area contributed by atoms with Crippen LogP contribution in [0.5, 0.6) is 0 Å². The van der Waals surface area contributed by atoms with E-state index in [0.29, 0.717) is 34.7 Å². The minimum atomic E-state index is -4.55. The largest absolute Gasteiger partial charge is 2.00 e. The summed E-state index contributed by atoms with van der Waals surface area (Å²) < 4.78 is 75.1. The summed E-state index contributed by atoms with van der Waals surface area (Å²) >= 11 is 0. The van der Waals surface area contributed by atoms with E-state index in [4.69, 9.17) is 0 Å². The van der Waals surface area contributed by atoms with E-state index in [2.05, 4.69) is 52.0 Å². The summed E-state index contributed by atoms with van der Waals surface area (Å²) in [6.45, 7) is 9.13. The van der Waals surface area contributed by atoms with Crippen molar-refractivity contribution in [1.29, 1.82) is 0 Å². The molecule has 0 radical (unpaired) electrons. The van der Waals surface area contributed by atoms with Crippen LogP contribution in [0.2, 0.25) is 0 Å². The van der Waals surface area contributed by atoms with Crippen LogP contribution in [0, 0.1) is 0 Å². The van der Waals surface area contributed by atoms with Crippen molar-refractivity contribution in [2.75, 3.05) is 0 Å². The van der Waals surface area contributed by atoms with Gasteiger partial charge in [0.1, 0.15) is 20.2 Å². The van der Waals surface area contributed by atoms with E-state index in [-0.39, 0.29) is 58.7 Å². The van der Waals surface area contributed by atoms with Gasteiger partial charge in [-0.1, -0.05) is 474 Å². The summed E-state index contributed by atoms with van der Waals surface area (Å²) in [5, 5.41) is 3.14. The van der Waals surface area contributed by atoms with Gasteiger partial charge in [0.25, 0.3) is 0 Å². The summed E-state index contributed by atoms with van der Waals surface area (Å²) in [6.07, 6.45) is 88.6. The fraction of sp³-hybridized carbons (Fsp3) is 0.783. The molecule has 101 heavy (non-hydrogen) atoms. The fourth-order valence-electron chi connectivity index (χ4n) is 15.8. The minimum absolute atomic E-state index is 0. The molecule has 0 aromatic heterocycles. The van der Waals surface area contributed by atoms with Crippen molar-refractivity contribution in [2.45, 2.75) is 474 Å². The maximum absolute atomic E-state index is 12.5. The maximum Gasteiger partial charge on any atom is 2.00 e. The number of hydrogen-bond acceptors (Lipinski definition) is 6. The van der Waals surface area contributed by atoms with E-state index in [9.17, 15) is 25.9 Å². The van der Waals surface area contributed by atoms with Gasteiger partial charge in [0.05, 0.1) is 9.79 Å². The van der Waals surface area contributed by atoms with Gasteiger partial charge in [-0.15, -0.1) is 0 Å². The molecule has 0 atom stereocenters. The fourth-order valence-corrected chi connectivity index (χ4v) is 17.6. The Bertz CT molecular complexity index is 2570. The Morgan fingerprint density at radius 3 is 0.525 bits per heavy atom. The molecule has 6 nitrogen and oxygen atoms in total. The molecule has 0 amide bonds. The van der Waals surface area contributed by atoms with Crippen LogP contribution >= 0.6 is 0 Å². The second kappa shape index (κ2) is 67.0. The molecule has 0 saturated heterocycles. The van der Waals surface area contributed by atoms with Crippen LogP contribution in [-0.4, -0.2) is 74.8 Å². The van der Waals surface area contributed by atoms with E-state index < -0.39 is 20.2 Å². The van der Waals surface area contributed by atoms with Gasteiger partial charge < -0.3 is 9.11 Å². The molecule has 0 aliphatic carbocycles. The standard InChI is InChI=1S/2C46H80O3S.Ba/c2*1-3-5-7-9-11-13-15-17-19-21-23-25-27-29-31-33-36-42-38-35-39-45-44(42)41-40-43(46(45)50(47,48)49)37-34-32-30-28-26-24-22-20-18-16-14-12-10-8-6-4-2;/h2*35,38-41H,3-34,36-37H2,1-2H3,(H,47,48,49);/q;;+2/p-2. The predicted octanol–water partition coefficient (Wildman–Crippen LogP) is 30.3. The molecule has 0 spiro atoms. The zero-order valence-electron chi connectivity index (χ0n) is 66.8. The van der Waals surface area contributed by atoms with Crippen LogP contribution in [0.3, 0.4) is 0 Å². The molecule has 0 bridgehead atoms. The zero-order valence-corrected chi connectivity index (χ0v) is 72.9. The van der Waals surface area contributed by atoms with Gasteiger partial charge in [0, 0.05) is 0 Å². The minimum Gasteiger partial charge on any atom is -0.744 e. The van der Waals surface area contributed by atoms with E-state index in [1.807, 2.05) is 36.4 Å². The van der Waals surface area contributed by atoms with Crippen LogP contribution in [0.4, 0.5) is 0 Å². The molecule has 0 aliphatic rings. The van der Waals surface area contributed by atoms with Gasteiger partial charge in [-0.05, 0) is 95.2 Å². The number of hydrogen-bond donors (Lipinski definition) is 0. The second-order valence-electron chi connectivity index (χ2n) is 31.3. The Labute approximate surface area is 667 Å². The summed E-state index contributed by atoms with van der Waals surface area (Å²) in [6, 6.07) is 19.8. The molecule has 4 aromatic carbocycles. The summed E-state index contributed by atoms with van der Waals surface area (Å²) in [5.41, 5.74) is 3.76. The van der Waals surface area contributed by atoms with Gasteiger partial charge in [-0.25, -0.2) is 16.8 Å². The van der Waals surface area contributed by atoms with Crippen LogP contribution in [0.25, 0.3) is 21.5 Å². The predicted molar refractivity (Wildman–Crippen MR) is 443 cm³/mol. The third-order valence-electron chi connectivity index (χ3n) is 22.1. The molecule has 9 heteroatoms. The van der Waals surface area contributed by atoms with Crippen LogP contribution < -0.4 is 0 Å². The number of unbranched alkanes of at least 4 members (excludes halogenated alkanes) is 60. The van der Waals surface area contributed by atoms with E-state index in [1.54, 1.807) is 0 Å². The van der Waals surface area contributed by atoms with Gasteiger partial charge >= 0.3 is 48.9 Å². The van der Waals surface area contributed by atoms with Gasteiger partial charge in [-0.3, -0.25) is 0 Å². The Kier molecular flexibility index (Phi) is 63.5. The van der Waals surface area contributed by atoms with Gasteiger partial charge in [0.15, 0.2) is 0 Å². The average Bonchev–Trinajstić information content (AvgIpc) is 0.779. The number of rotatable bonds is 70. The number of fused-ring (bicyclic) bond motifs is 2. The first-order valence-electron chi connectivity index (χ1n) is 44.0. The van der Waals surface area contributed by atoms with Crippen molar-refractivity contribution >= 4 is 90.7 Å². The average molecular weight is 1560 g/mol. The van der Waals surface area contributed by atoms with Gasteiger partial charge in [-0.2, -0.15) is 0 Å². The van der Waals surface area contributed by atoms with Crippen molar-refractivity contribution in [1.82, 2.24) is 0 Å². The molecule has 0 N–H and O–H groups in total. The molecule has 4 aromatic rings. The third kappa shape index (κ3) is 49.5. The monoisotopic (exact) mass is 1560 g/mol. The second-order valence-corrected chi connectivity index (χ2v) is 33.9. The SMILES string of the molecule is CCCCCCCCCCCCCCCCCCc1ccc2c(CCCCCCCCCCCCCCCCCC)cccc2c1S(=O)(=O)[O-].CCCCCCCCCCCCCCCCCCc1ccc2c(CCCCCCCCCCCCCCCCCC)cccc2c1S(=O)(=O)[O-].[Ba+2]. The van der Waals surface area contributed by atoms with Crippen molar-refractivity contribution in [3.05, 3.63) is 82.9 Å². The van der Waals surface area contributed by atoms with Crippen molar-refractivity contribution < 1.29 is 25.9 Å². The summed E-state index contributed by atoms with van der Waals surface area (Å²) in [5.74, 6) is 0. The zero-order chi connectivity index (χ0) is 71.9. The van der Waals surface area contributed by atoms with Crippen LogP contribution in [-0.2, 0) is 45.9 Å². The Morgan fingerprint density at radius 2 is 0.356 bits per heavy atom. The topological polar surface area (TPSA) is 114 Å². The molecule has 0 aliphatic heterocycles. The van der Waals surface area contributed by atoms with E-state index in [0.717, 1.165) is 62.1 Å². The van der Waals surface area contributed by atoms with Crippen LogP contribution in [0.15, 0.2) is 70.5 Å².